The first-order valence-electron chi connectivity index (χ1n) is 8.77. The number of hydrogen-bond donors (Lipinski definition) is 1. The summed E-state index contributed by atoms with van der Waals surface area (Å²) in [4.78, 5) is 48.7. The summed E-state index contributed by atoms with van der Waals surface area (Å²) in [5.74, 6) is -1.14. The van der Waals surface area contributed by atoms with Gasteiger partial charge in [0, 0.05) is 13.0 Å². The molecule has 0 saturated heterocycles. The van der Waals surface area contributed by atoms with Gasteiger partial charge < -0.3 is 14.8 Å². The summed E-state index contributed by atoms with van der Waals surface area (Å²) in [6, 6.07) is 6.63. The lowest BCUT2D eigenvalue weighted by molar-refractivity contribution is -0.143. The predicted molar refractivity (Wildman–Crippen MR) is 96.2 cm³/mol. The van der Waals surface area contributed by atoms with Crippen LogP contribution in [-0.4, -0.2) is 54.1 Å². The van der Waals surface area contributed by atoms with Crippen molar-refractivity contribution >= 4 is 23.9 Å². The fourth-order valence-electron chi connectivity index (χ4n) is 2.53. The monoisotopic (exact) mass is 376 g/mol. The number of nitrogens with zero attached hydrogens (tertiary/aromatic N) is 1. The van der Waals surface area contributed by atoms with Crippen LogP contribution in [0.15, 0.2) is 24.3 Å². The number of amides is 3. The summed E-state index contributed by atoms with van der Waals surface area (Å²) in [6.45, 7) is 5.56. The summed E-state index contributed by atoms with van der Waals surface area (Å²) in [6.07, 6.45) is -0.201. The number of benzene rings is 1. The van der Waals surface area contributed by atoms with E-state index in [1.165, 1.54) is 0 Å². The molecule has 0 atom stereocenters. The van der Waals surface area contributed by atoms with E-state index in [4.69, 9.17) is 9.47 Å². The van der Waals surface area contributed by atoms with Crippen LogP contribution in [0.25, 0.3) is 0 Å². The minimum Gasteiger partial charge on any atom is -0.464 e. The SMILES string of the molecule is CC(C)(C)OC(=O)NCCOC(=O)CCCN1C(=O)c2ccccc2C1=O. The van der Waals surface area contributed by atoms with Crippen molar-refractivity contribution in [3.8, 4) is 0 Å². The van der Waals surface area contributed by atoms with E-state index >= 15 is 0 Å². The topological polar surface area (TPSA) is 102 Å². The Morgan fingerprint density at radius 1 is 1.07 bits per heavy atom. The molecule has 0 aromatic heterocycles. The van der Waals surface area contributed by atoms with Crippen molar-refractivity contribution < 1.29 is 28.7 Å². The highest BCUT2D eigenvalue weighted by molar-refractivity contribution is 6.21. The predicted octanol–water partition coefficient (Wildman–Crippen LogP) is 2.13. The highest BCUT2D eigenvalue weighted by Gasteiger charge is 2.34. The molecule has 1 N–H and O–H groups in total. The van der Waals surface area contributed by atoms with Gasteiger partial charge in [-0.2, -0.15) is 0 Å². The summed E-state index contributed by atoms with van der Waals surface area (Å²) in [7, 11) is 0. The molecule has 146 valence electrons. The van der Waals surface area contributed by atoms with Crippen LogP contribution in [-0.2, 0) is 14.3 Å². The van der Waals surface area contributed by atoms with Gasteiger partial charge >= 0.3 is 12.1 Å². The third-order valence-corrected chi connectivity index (χ3v) is 3.67. The van der Waals surface area contributed by atoms with Gasteiger partial charge in [0.2, 0.25) is 0 Å². The van der Waals surface area contributed by atoms with Gasteiger partial charge in [0.05, 0.1) is 17.7 Å². The molecule has 0 fully saturated rings. The van der Waals surface area contributed by atoms with Gasteiger partial charge in [-0.05, 0) is 39.3 Å². The van der Waals surface area contributed by atoms with Crippen LogP contribution in [0.4, 0.5) is 4.79 Å². The van der Waals surface area contributed by atoms with Crippen molar-refractivity contribution in [1.82, 2.24) is 10.2 Å². The molecule has 3 amide bonds. The van der Waals surface area contributed by atoms with Crippen molar-refractivity contribution in [1.29, 1.82) is 0 Å². The van der Waals surface area contributed by atoms with Crippen molar-refractivity contribution in [2.45, 2.75) is 39.2 Å². The Balaban J connectivity index is 1.64. The molecule has 0 saturated carbocycles. The third kappa shape index (κ3) is 5.80. The molecule has 0 radical (unpaired) electrons. The van der Waals surface area contributed by atoms with Crippen LogP contribution in [0.1, 0.15) is 54.3 Å². The zero-order valence-electron chi connectivity index (χ0n) is 15.7. The number of nitrogens with one attached hydrogen (secondary N) is 1. The summed E-state index contributed by atoms with van der Waals surface area (Å²) < 4.78 is 10.1. The number of carbonyl (C=O) groups excluding carboxylic acids is 4. The van der Waals surface area contributed by atoms with Crippen molar-refractivity contribution in [3.63, 3.8) is 0 Å². The van der Waals surface area contributed by atoms with E-state index in [0.29, 0.717) is 17.5 Å². The Morgan fingerprint density at radius 2 is 1.67 bits per heavy atom. The Bertz CT molecular complexity index is 703. The van der Waals surface area contributed by atoms with Crippen LogP contribution >= 0.6 is 0 Å². The van der Waals surface area contributed by atoms with Crippen LogP contribution in [0.3, 0.4) is 0 Å². The molecule has 2 rings (SSSR count). The molecule has 1 heterocycles. The van der Waals surface area contributed by atoms with E-state index in [1.807, 2.05) is 0 Å². The van der Waals surface area contributed by atoms with Crippen molar-refractivity contribution in [3.05, 3.63) is 35.4 Å². The highest BCUT2D eigenvalue weighted by atomic mass is 16.6. The number of fused-ring (bicyclic) bond motifs is 1. The Hall–Kier alpha value is -2.90. The van der Waals surface area contributed by atoms with Gasteiger partial charge in [0.25, 0.3) is 11.8 Å². The first-order valence-corrected chi connectivity index (χ1v) is 8.77. The van der Waals surface area contributed by atoms with Crippen LogP contribution in [0, 0.1) is 0 Å². The summed E-state index contributed by atoms with van der Waals surface area (Å²) in [5, 5.41) is 2.48. The smallest absolute Gasteiger partial charge is 0.407 e. The molecule has 8 heteroatoms. The first-order chi connectivity index (χ1) is 12.7. The van der Waals surface area contributed by atoms with E-state index in [-0.39, 0.29) is 37.9 Å². The molecule has 27 heavy (non-hydrogen) atoms. The van der Waals surface area contributed by atoms with Crippen LogP contribution in [0.5, 0.6) is 0 Å². The van der Waals surface area contributed by atoms with E-state index < -0.39 is 17.7 Å². The maximum atomic E-state index is 12.2. The molecular formula is C19H24N2O6. The number of esters is 1. The molecule has 1 aliphatic rings. The molecule has 1 aromatic rings. The van der Waals surface area contributed by atoms with E-state index in [0.717, 1.165) is 4.90 Å². The van der Waals surface area contributed by atoms with E-state index in [9.17, 15) is 19.2 Å². The maximum absolute atomic E-state index is 12.2. The van der Waals surface area contributed by atoms with Crippen molar-refractivity contribution in [2.75, 3.05) is 19.7 Å². The maximum Gasteiger partial charge on any atom is 0.407 e. The van der Waals surface area contributed by atoms with Gasteiger partial charge in [0.1, 0.15) is 12.2 Å². The number of ether oxygens (including phenoxy) is 2. The molecule has 8 nitrogen and oxygen atoms in total. The van der Waals surface area contributed by atoms with Gasteiger partial charge in [-0.15, -0.1) is 0 Å². The average molecular weight is 376 g/mol. The quantitative estimate of drug-likeness (QED) is 0.444. The second kappa shape index (κ2) is 8.66. The van der Waals surface area contributed by atoms with Crippen LogP contribution in [0.2, 0.25) is 0 Å². The average Bonchev–Trinajstić information content (AvgIpc) is 2.82. The second-order valence-electron chi connectivity index (χ2n) is 7.06. The zero-order chi connectivity index (χ0) is 20.0. The Labute approximate surface area is 157 Å². The van der Waals surface area contributed by atoms with Crippen molar-refractivity contribution in [2.24, 2.45) is 0 Å². The highest BCUT2D eigenvalue weighted by Crippen LogP contribution is 2.22. The third-order valence-electron chi connectivity index (χ3n) is 3.67. The molecule has 1 aliphatic heterocycles. The van der Waals surface area contributed by atoms with Crippen LogP contribution < -0.4 is 5.32 Å². The number of alkyl carbamates (subject to hydrolysis) is 1. The number of carbonyl (C=O) groups is 4. The Morgan fingerprint density at radius 3 is 2.22 bits per heavy atom. The molecule has 0 spiro atoms. The number of imide groups is 1. The standard InChI is InChI=1S/C19H24N2O6/c1-19(2,3)27-18(25)20-10-12-26-15(22)9-6-11-21-16(23)13-7-4-5-8-14(13)17(21)24/h4-5,7-8H,6,9-12H2,1-3H3,(H,20,25). The molecular weight excluding hydrogens is 352 g/mol. The van der Waals surface area contributed by atoms with E-state index in [2.05, 4.69) is 5.32 Å². The van der Waals surface area contributed by atoms with E-state index in [1.54, 1.807) is 45.0 Å². The second-order valence-corrected chi connectivity index (χ2v) is 7.06. The minimum atomic E-state index is -0.592. The molecule has 0 bridgehead atoms. The molecule has 1 aromatic carbocycles. The lowest BCUT2D eigenvalue weighted by Crippen LogP contribution is -2.34. The normalized spacial score (nSPS) is 13.4. The molecule has 0 unspecified atom stereocenters. The number of hydrogen-bond acceptors (Lipinski definition) is 6. The fourth-order valence-corrected chi connectivity index (χ4v) is 2.53. The minimum absolute atomic E-state index is 0.0189. The summed E-state index contributed by atoms with van der Waals surface area (Å²) in [5.41, 5.74) is 0.182. The van der Waals surface area contributed by atoms with Gasteiger partial charge in [0.15, 0.2) is 0 Å². The lowest BCUT2D eigenvalue weighted by atomic mass is 10.1. The zero-order valence-corrected chi connectivity index (χ0v) is 15.7. The van der Waals surface area contributed by atoms with Gasteiger partial charge in [-0.1, -0.05) is 12.1 Å². The fraction of sp³-hybridized carbons (Fsp3) is 0.474. The largest absolute Gasteiger partial charge is 0.464 e. The Kier molecular flexibility index (Phi) is 6.55. The number of rotatable bonds is 7. The lowest BCUT2D eigenvalue weighted by Gasteiger charge is -2.19. The van der Waals surface area contributed by atoms with Gasteiger partial charge in [-0.3, -0.25) is 19.3 Å². The molecule has 0 aliphatic carbocycles. The summed E-state index contributed by atoms with van der Waals surface area (Å²) >= 11 is 0. The van der Waals surface area contributed by atoms with Gasteiger partial charge in [-0.25, -0.2) is 4.79 Å². The first kappa shape index (κ1) is 20.4.